The lowest BCUT2D eigenvalue weighted by Gasteiger charge is -2.40. The zero-order valence-corrected chi connectivity index (χ0v) is 37.1. The van der Waals surface area contributed by atoms with E-state index in [1.54, 1.807) is 0 Å². The smallest absolute Gasteiger partial charge is 0.0755 e. The molecule has 1 unspecified atom stereocenters. The van der Waals surface area contributed by atoms with Gasteiger partial charge in [-0.25, -0.2) is 0 Å². The van der Waals surface area contributed by atoms with Crippen LogP contribution in [0.15, 0.2) is 255 Å². The van der Waals surface area contributed by atoms with Crippen molar-refractivity contribution in [1.82, 2.24) is 4.57 Å². The average molecular weight is 863 g/mol. The molecule has 0 bridgehead atoms. The van der Waals surface area contributed by atoms with E-state index in [1.165, 1.54) is 105 Å². The number of fused-ring (bicyclic) bond motifs is 17. The molecular formula is C66H42N2. The lowest BCUT2D eigenvalue weighted by Crippen LogP contribution is -2.33. The van der Waals surface area contributed by atoms with E-state index in [0.29, 0.717) is 0 Å². The first-order valence-corrected chi connectivity index (χ1v) is 23.8. The molecule has 1 atom stereocenters. The van der Waals surface area contributed by atoms with Crippen LogP contribution in [0.3, 0.4) is 0 Å². The second-order valence-electron chi connectivity index (χ2n) is 18.7. The van der Waals surface area contributed by atoms with E-state index in [9.17, 15) is 0 Å². The number of hydrogen-bond donors (Lipinski definition) is 0. The van der Waals surface area contributed by atoms with Crippen molar-refractivity contribution in [2.24, 2.45) is 0 Å². The molecule has 15 rings (SSSR count). The largest absolute Gasteiger partial charge is 0.310 e. The molecule has 0 saturated carbocycles. The molecule has 0 saturated heterocycles. The summed E-state index contributed by atoms with van der Waals surface area (Å²) in [5.74, 6) is 0. The Morgan fingerprint density at radius 3 is 1.63 bits per heavy atom. The quantitative estimate of drug-likeness (QED) is 0.167. The molecule has 0 fully saturated rings. The Morgan fingerprint density at radius 1 is 0.309 bits per heavy atom. The maximum Gasteiger partial charge on any atom is 0.0755 e. The van der Waals surface area contributed by atoms with E-state index < -0.39 is 10.8 Å². The Morgan fingerprint density at radius 2 is 0.868 bits per heavy atom. The fraction of sp³-hybridized carbons (Fsp3) is 0.0303. The van der Waals surface area contributed by atoms with Crippen molar-refractivity contribution in [2.75, 3.05) is 4.90 Å². The highest BCUT2D eigenvalue weighted by Crippen LogP contribution is 2.63. The van der Waals surface area contributed by atoms with Crippen molar-refractivity contribution < 1.29 is 0 Å². The highest BCUT2D eigenvalue weighted by molar-refractivity contribution is 6.13. The molecule has 12 aromatic rings. The van der Waals surface area contributed by atoms with E-state index in [0.717, 1.165) is 17.1 Å². The summed E-state index contributed by atoms with van der Waals surface area (Å²) >= 11 is 0. The van der Waals surface area contributed by atoms with Gasteiger partial charge in [0.1, 0.15) is 0 Å². The molecule has 1 aromatic heterocycles. The minimum atomic E-state index is -0.568. The molecule has 3 aliphatic rings. The highest BCUT2D eigenvalue weighted by Gasteiger charge is 2.51. The second kappa shape index (κ2) is 13.9. The summed E-state index contributed by atoms with van der Waals surface area (Å²) in [4.78, 5) is 2.49. The first-order chi connectivity index (χ1) is 33.8. The Labute approximate surface area is 395 Å². The number of aromatic nitrogens is 1. The lowest BCUT2D eigenvalue weighted by molar-refractivity contribution is 0.748. The van der Waals surface area contributed by atoms with Gasteiger partial charge in [0.15, 0.2) is 0 Å². The molecule has 11 aromatic carbocycles. The predicted octanol–water partition coefficient (Wildman–Crippen LogP) is 16.4. The summed E-state index contributed by atoms with van der Waals surface area (Å²) in [5, 5.41) is 5.09. The average Bonchev–Trinajstić information content (AvgIpc) is 4.02. The number of para-hydroxylation sites is 4. The van der Waals surface area contributed by atoms with Crippen molar-refractivity contribution in [3.8, 4) is 27.9 Å². The Hall–Kier alpha value is -8.72. The van der Waals surface area contributed by atoms with Crippen molar-refractivity contribution in [3.05, 3.63) is 299 Å². The molecule has 0 amide bonds. The van der Waals surface area contributed by atoms with Gasteiger partial charge in [-0.15, -0.1) is 0 Å². The van der Waals surface area contributed by atoms with E-state index in [4.69, 9.17) is 0 Å². The van der Waals surface area contributed by atoms with Gasteiger partial charge in [-0.05, 0) is 126 Å². The molecule has 1 spiro atoms. The Balaban J connectivity index is 1.02. The fourth-order valence-electron chi connectivity index (χ4n) is 13.1. The molecule has 68 heavy (non-hydrogen) atoms. The number of rotatable bonds is 5. The molecule has 2 nitrogen and oxygen atoms in total. The minimum absolute atomic E-state index is 0.567. The Kier molecular flexibility index (Phi) is 7.67. The van der Waals surface area contributed by atoms with Crippen LogP contribution >= 0.6 is 0 Å². The normalized spacial score (nSPS) is 15.5. The third-order valence-electron chi connectivity index (χ3n) is 15.6. The number of hydrogen-bond acceptors (Lipinski definition) is 1. The predicted molar refractivity (Wildman–Crippen MR) is 281 cm³/mol. The first kappa shape index (κ1) is 37.5. The van der Waals surface area contributed by atoms with Crippen molar-refractivity contribution >= 4 is 49.6 Å². The van der Waals surface area contributed by atoms with Gasteiger partial charge in [0, 0.05) is 27.8 Å². The number of benzene rings is 11. The molecule has 0 N–H and O–H groups in total. The monoisotopic (exact) mass is 862 g/mol. The zero-order valence-electron chi connectivity index (χ0n) is 37.1. The van der Waals surface area contributed by atoms with Gasteiger partial charge in [0.2, 0.25) is 0 Å². The summed E-state index contributed by atoms with van der Waals surface area (Å²) in [7, 11) is 0. The van der Waals surface area contributed by atoms with Gasteiger partial charge in [0.05, 0.1) is 27.6 Å². The second-order valence-corrected chi connectivity index (χ2v) is 18.7. The standard InChI is InChI=1S/C66H42N2/c1-4-20-44(21-5-1)65(45-22-6-2-7-23-45)57-40-35-43-19-10-11-26-49(43)63(57)54-39-37-48(42-60(54)65)67(46-24-8-3-9-25-46)47-36-38-51-50-27-12-14-30-55(50)66(59(51)41-47)56-31-15-17-34-62(56)68-61-33-16-13-28-52(61)53-29-18-32-58(66)64(53)68/h1-42H. The fourth-order valence-corrected chi connectivity index (χ4v) is 13.1. The van der Waals surface area contributed by atoms with Crippen LogP contribution in [0, 0.1) is 0 Å². The maximum absolute atomic E-state index is 2.53. The van der Waals surface area contributed by atoms with Gasteiger partial charge in [-0.1, -0.05) is 206 Å². The minimum Gasteiger partial charge on any atom is -0.310 e. The van der Waals surface area contributed by atoms with Crippen molar-refractivity contribution in [3.63, 3.8) is 0 Å². The number of nitrogens with zero attached hydrogens (tertiary/aromatic N) is 2. The third kappa shape index (κ3) is 4.71. The van der Waals surface area contributed by atoms with E-state index in [-0.39, 0.29) is 0 Å². The van der Waals surface area contributed by atoms with Crippen molar-refractivity contribution in [1.29, 1.82) is 0 Å². The first-order valence-electron chi connectivity index (χ1n) is 23.8. The summed E-state index contributed by atoms with van der Waals surface area (Å²) in [5.41, 5.74) is 21.4. The van der Waals surface area contributed by atoms with Gasteiger partial charge < -0.3 is 9.47 Å². The number of anilines is 3. The molecule has 0 radical (unpaired) electrons. The third-order valence-corrected chi connectivity index (χ3v) is 15.6. The SMILES string of the molecule is c1ccc(N(c2ccc3c(c2)C(c2ccccc2)(c2ccccc2)c2ccc4ccccc4c2-3)c2ccc3c(c2)C2(c4ccccc4-3)c3ccccc3-n3c4ccccc4c4cccc2c43)cc1. The summed E-state index contributed by atoms with van der Waals surface area (Å²) in [6.07, 6.45) is 0. The molecule has 2 heterocycles. The molecule has 1 aliphatic heterocycles. The maximum atomic E-state index is 2.53. The topological polar surface area (TPSA) is 8.17 Å². The summed E-state index contributed by atoms with van der Waals surface area (Å²) in [6.45, 7) is 0. The van der Waals surface area contributed by atoms with Crippen LogP contribution in [0.5, 0.6) is 0 Å². The van der Waals surface area contributed by atoms with E-state index >= 15 is 0 Å². The van der Waals surface area contributed by atoms with E-state index in [1.807, 2.05) is 0 Å². The van der Waals surface area contributed by atoms with Crippen LogP contribution in [-0.2, 0) is 10.8 Å². The van der Waals surface area contributed by atoms with Gasteiger partial charge >= 0.3 is 0 Å². The van der Waals surface area contributed by atoms with Crippen LogP contribution in [0.1, 0.15) is 44.5 Å². The summed E-state index contributed by atoms with van der Waals surface area (Å²) < 4.78 is 2.53. The lowest BCUT2D eigenvalue weighted by atomic mass is 9.65. The molecular weight excluding hydrogens is 821 g/mol. The van der Waals surface area contributed by atoms with Crippen LogP contribution < -0.4 is 4.90 Å². The van der Waals surface area contributed by atoms with Crippen LogP contribution in [0.4, 0.5) is 17.1 Å². The van der Waals surface area contributed by atoms with Gasteiger partial charge in [0.25, 0.3) is 0 Å². The Bertz CT molecular complexity index is 3990. The zero-order chi connectivity index (χ0) is 44.6. The van der Waals surface area contributed by atoms with Crippen LogP contribution in [-0.4, -0.2) is 4.57 Å². The van der Waals surface area contributed by atoms with Gasteiger partial charge in [-0.3, -0.25) is 0 Å². The summed E-state index contributed by atoms with van der Waals surface area (Å²) in [6, 6.07) is 95.6. The van der Waals surface area contributed by atoms with Crippen LogP contribution in [0.2, 0.25) is 0 Å². The molecule has 2 aliphatic carbocycles. The van der Waals surface area contributed by atoms with Crippen LogP contribution in [0.25, 0.3) is 60.5 Å². The van der Waals surface area contributed by atoms with E-state index in [2.05, 4.69) is 264 Å². The van der Waals surface area contributed by atoms with Gasteiger partial charge in [-0.2, -0.15) is 0 Å². The molecule has 316 valence electrons. The molecule has 2 heteroatoms. The van der Waals surface area contributed by atoms with Crippen molar-refractivity contribution in [2.45, 2.75) is 10.8 Å². The highest BCUT2D eigenvalue weighted by atomic mass is 15.1.